The van der Waals surface area contributed by atoms with Gasteiger partial charge in [0.1, 0.15) is 0 Å². The highest BCUT2D eigenvalue weighted by Gasteiger charge is 2.20. The first-order chi connectivity index (χ1) is 6.38. The summed E-state index contributed by atoms with van der Waals surface area (Å²) in [7, 11) is 0. The molecule has 1 heterocycles. The maximum atomic E-state index is 5.36. The van der Waals surface area contributed by atoms with Crippen LogP contribution in [0.1, 0.15) is 20.3 Å². The minimum Gasteiger partial charge on any atom is -0.380 e. The summed E-state index contributed by atoms with van der Waals surface area (Å²) in [5.41, 5.74) is 0. The van der Waals surface area contributed by atoms with Crippen molar-refractivity contribution < 1.29 is 4.74 Å². The molecule has 1 unspecified atom stereocenters. The molecule has 1 rings (SSSR count). The van der Waals surface area contributed by atoms with Gasteiger partial charge in [0.2, 0.25) is 0 Å². The summed E-state index contributed by atoms with van der Waals surface area (Å²) >= 11 is 0. The average Bonchev–Trinajstić information content (AvgIpc) is 2.65. The molecular weight excluding hydrogens is 164 g/mol. The van der Waals surface area contributed by atoms with Crippen molar-refractivity contribution in [1.29, 1.82) is 0 Å². The normalized spacial score (nSPS) is 22.8. The largest absolute Gasteiger partial charge is 0.380 e. The van der Waals surface area contributed by atoms with E-state index in [0.717, 1.165) is 38.9 Å². The van der Waals surface area contributed by atoms with Gasteiger partial charge < -0.3 is 10.1 Å². The lowest BCUT2D eigenvalue weighted by molar-refractivity contribution is 0.100. The fourth-order valence-corrected chi connectivity index (χ4v) is 1.88. The third-order valence-electron chi connectivity index (χ3n) is 2.68. The molecule has 1 fully saturated rings. The number of ether oxygens (including phenoxy) is 1. The SMILES string of the molecule is CCOCCN(CC)C1CCNC1. The molecule has 0 radical (unpaired) electrons. The van der Waals surface area contributed by atoms with Crippen molar-refractivity contribution in [2.45, 2.75) is 26.3 Å². The molecule has 0 amide bonds. The van der Waals surface area contributed by atoms with Crippen LogP contribution in [0.15, 0.2) is 0 Å². The molecule has 1 atom stereocenters. The molecule has 78 valence electrons. The van der Waals surface area contributed by atoms with Gasteiger partial charge >= 0.3 is 0 Å². The van der Waals surface area contributed by atoms with Gasteiger partial charge in [0, 0.05) is 25.7 Å². The average molecular weight is 186 g/mol. The number of hydrogen-bond donors (Lipinski definition) is 1. The summed E-state index contributed by atoms with van der Waals surface area (Å²) in [5, 5.41) is 3.40. The Bertz CT molecular complexity index is 124. The Morgan fingerprint density at radius 2 is 2.31 bits per heavy atom. The molecule has 0 saturated carbocycles. The van der Waals surface area contributed by atoms with Crippen molar-refractivity contribution in [3.63, 3.8) is 0 Å². The summed E-state index contributed by atoms with van der Waals surface area (Å²) in [6, 6.07) is 0.741. The molecule has 3 heteroatoms. The van der Waals surface area contributed by atoms with E-state index in [1.54, 1.807) is 0 Å². The zero-order valence-corrected chi connectivity index (χ0v) is 8.88. The monoisotopic (exact) mass is 186 g/mol. The van der Waals surface area contributed by atoms with Gasteiger partial charge in [0.25, 0.3) is 0 Å². The van der Waals surface area contributed by atoms with E-state index < -0.39 is 0 Å². The lowest BCUT2D eigenvalue weighted by atomic mass is 10.2. The molecule has 1 aliphatic heterocycles. The van der Waals surface area contributed by atoms with Gasteiger partial charge in [-0.2, -0.15) is 0 Å². The number of nitrogens with one attached hydrogen (secondary N) is 1. The second-order valence-corrected chi connectivity index (χ2v) is 3.47. The second-order valence-electron chi connectivity index (χ2n) is 3.47. The lowest BCUT2D eigenvalue weighted by Crippen LogP contribution is -2.38. The number of nitrogens with zero attached hydrogens (tertiary/aromatic N) is 1. The predicted octanol–water partition coefficient (Wildman–Crippen LogP) is 0.707. The highest BCUT2D eigenvalue weighted by atomic mass is 16.5. The van der Waals surface area contributed by atoms with Crippen molar-refractivity contribution in [2.75, 3.05) is 39.4 Å². The Morgan fingerprint density at radius 3 is 2.85 bits per heavy atom. The lowest BCUT2D eigenvalue weighted by Gasteiger charge is -2.26. The van der Waals surface area contributed by atoms with E-state index in [2.05, 4.69) is 17.1 Å². The van der Waals surface area contributed by atoms with E-state index in [1.165, 1.54) is 13.0 Å². The minimum absolute atomic E-state index is 0.741. The first kappa shape index (κ1) is 11.0. The van der Waals surface area contributed by atoms with Crippen LogP contribution in [0.3, 0.4) is 0 Å². The number of rotatable bonds is 6. The maximum absolute atomic E-state index is 5.36. The van der Waals surface area contributed by atoms with Crippen LogP contribution in [0.5, 0.6) is 0 Å². The van der Waals surface area contributed by atoms with Crippen molar-refractivity contribution in [3.05, 3.63) is 0 Å². The molecule has 0 bridgehead atoms. The van der Waals surface area contributed by atoms with Crippen LogP contribution >= 0.6 is 0 Å². The molecule has 1 saturated heterocycles. The van der Waals surface area contributed by atoms with Crippen LogP contribution in [0.4, 0.5) is 0 Å². The second kappa shape index (κ2) is 6.35. The van der Waals surface area contributed by atoms with E-state index in [9.17, 15) is 0 Å². The van der Waals surface area contributed by atoms with E-state index in [1.807, 2.05) is 6.92 Å². The Labute approximate surface area is 81.4 Å². The van der Waals surface area contributed by atoms with Crippen LogP contribution in [0, 0.1) is 0 Å². The summed E-state index contributed by atoms with van der Waals surface area (Å²) in [6.07, 6.45) is 1.29. The van der Waals surface area contributed by atoms with E-state index in [-0.39, 0.29) is 0 Å². The Kier molecular flexibility index (Phi) is 5.35. The molecule has 0 aliphatic carbocycles. The van der Waals surface area contributed by atoms with E-state index >= 15 is 0 Å². The maximum Gasteiger partial charge on any atom is 0.0593 e. The van der Waals surface area contributed by atoms with Crippen LogP contribution in [-0.4, -0.2) is 50.3 Å². The molecule has 0 spiro atoms. The Hall–Kier alpha value is -0.120. The molecule has 1 aliphatic rings. The van der Waals surface area contributed by atoms with Gasteiger partial charge in [0.15, 0.2) is 0 Å². The number of hydrogen-bond acceptors (Lipinski definition) is 3. The molecule has 13 heavy (non-hydrogen) atoms. The van der Waals surface area contributed by atoms with Crippen LogP contribution in [0.25, 0.3) is 0 Å². The van der Waals surface area contributed by atoms with Crippen molar-refractivity contribution in [3.8, 4) is 0 Å². The predicted molar refractivity (Wildman–Crippen MR) is 55.0 cm³/mol. The highest BCUT2D eigenvalue weighted by molar-refractivity contribution is 4.79. The fourth-order valence-electron chi connectivity index (χ4n) is 1.88. The molecular formula is C10H22N2O. The third kappa shape index (κ3) is 3.63. The zero-order valence-electron chi connectivity index (χ0n) is 8.88. The van der Waals surface area contributed by atoms with Crippen LogP contribution in [0.2, 0.25) is 0 Å². The number of likely N-dealkylation sites (N-methyl/N-ethyl adjacent to an activating group) is 1. The first-order valence-corrected chi connectivity index (χ1v) is 5.41. The quantitative estimate of drug-likeness (QED) is 0.618. The molecule has 0 aromatic carbocycles. The highest BCUT2D eigenvalue weighted by Crippen LogP contribution is 2.07. The fraction of sp³-hybridized carbons (Fsp3) is 1.00. The summed E-state index contributed by atoms with van der Waals surface area (Å²) < 4.78 is 5.36. The third-order valence-corrected chi connectivity index (χ3v) is 2.68. The zero-order chi connectivity index (χ0) is 9.52. The van der Waals surface area contributed by atoms with E-state index in [4.69, 9.17) is 4.74 Å². The summed E-state index contributed by atoms with van der Waals surface area (Å²) in [4.78, 5) is 2.51. The van der Waals surface area contributed by atoms with Crippen LogP contribution in [-0.2, 0) is 4.74 Å². The smallest absolute Gasteiger partial charge is 0.0593 e. The summed E-state index contributed by atoms with van der Waals surface area (Å²) in [6.45, 7) is 10.5. The van der Waals surface area contributed by atoms with Gasteiger partial charge in [-0.3, -0.25) is 4.90 Å². The standard InChI is InChI=1S/C10H22N2O/c1-3-12(7-8-13-4-2)10-5-6-11-9-10/h10-11H,3-9H2,1-2H3. The topological polar surface area (TPSA) is 24.5 Å². The van der Waals surface area contributed by atoms with Crippen molar-refractivity contribution in [2.24, 2.45) is 0 Å². The molecule has 1 N–H and O–H groups in total. The van der Waals surface area contributed by atoms with Gasteiger partial charge in [-0.05, 0) is 26.4 Å². The van der Waals surface area contributed by atoms with Crippen molar-refractivity contribution in [1.82, 2.24) is 10.2 Å². The van der Waals surface area contributed by atoms with Crippen LogP contribution < -0.4 is 5.32 Å². The minimum atomic E-state index is 0.741. The van der Waals surface area contributed by atoms with Gasteiger partial charge in [-0.1, -0.05) is 6.92 Å². The molecule has 0 aromatic heterocycles. The van der Waals surface area contributed by atoms with Gasteiger partial charge in [-0.25, -0.2) is 0 Å². The molecule has 0 aromatic rings. The Balaban J connectivity index is 2.16. The Morgan fingerprint density at radius 1 is 1.46 bits per heavy atom. The first-order valence-electron chi connectivity index (χ1n) is 5.41. The van der Waals surface area contributed by atoms with Gasteiger partial charge in [-0.15, -0.1) is 0 Å². The summed E-state index contributed by atoms with van der Waals surface area (Å²) in [5.74, 6) is 0. The molecule has 3 nitrogen and oxygen atoms in total. The van der Waals surface area contributed by atoms with Gasteiger partial charge in [0.05, 0.1) is 6.61 Å². The van der Waals surface area contributed by atoms with Crippen molar-refractivity contribution >= 4 is 0 Å². The van der Waals surface area contributed by atoms with E-state index in [0.29, 0.717) is 0 Å².